The normalized spacial score (nSPS) is 12.7. The molecule has 0 saturated heterocycles. The summed E-state index contributed by atoms with van der Waals surface area (Å²) in [6.45, 7) is 1.44. The number of amides is 1. The first-order valence-corrected chi connectivity index (χ1v) is 10.9. The third-order valence-electron chi connectivity index (χ3n) is 4.23. The van der Waals surface area contributed by atoms with Crippen LogP contribution in [0.5, 0.6) is 0 Å². The van der Waals surface area contributed by atoms with Gasteiger partial charge in [-0.3, -0.25) is 13.9 Å². The van der Waals surface area contributed by atoms with Crippen LogP contribution < -0.4 is 14.5 Å². The Hall–Kier alpha value is -2.72. The molecule has 10 heteroatoms. The molecule has 0 bridgehead atoms. The van der Waals surface area contributed by atoms with Crippen LogP contribution in [0, 0.1) is 5.82 Å². The molecule has 1 heterocycles. The molecule has 0 saturated carbocycles. The third kappa shape index (κ3) is 3.92. The molecule has 0 fully saturated rings. The molecule has 1 amide bonds. The van der Waals surface area contributed by atoms with Crippen LogP contribution in [0.15, 0.2) is 47.3 Å². The summed E-state index contributed by atoms with van der Waals surface area (Å²) in [5.41, 5.74) is 1.37. The van der Waals surface area contributed by atoms with Gasteiger partial charge in [0.1, 0.15) is 11.9 Å². The topological polar surface area (TPSA) is 88.5 Å². The predicted molar refractivity (Wildman–Crippen MR) is 109 cm³/mol. The van der Waals surface area contributed by atoms with Crippen LogP contribution >= 0.6 is 11.3 Å². The summed E-state index contributed by atoms with van der Waals surface area (Å²) in [5.74, 6) is -1.07. The summed E-state index contributed by atoms with van der Waals surface area (Å²) >= 11 is 1.05. The highest BCUT2D eigenvalue weighted by Gasteiger charge is 2.29. The van der Waals surface area contributed by atoms with Gasteiger partial charge in [0.15, 0.2) is 0 Å². The molecule has 28 heavy (non-hydrogen) atoms. The van der Waals surface area contributed by atoms with Crippen molar-refractivity contribution in [1.82, 2.24) is 4.57 Å². The molecular weight excluding hydrogens is 405 g/mol. The van der Waals surface area contributed by atoms with Crippen molar-refractivity contribution in [3.8, 4) is 0 Å². The first kappa shape index (κ1) is 20.0. The Labute approximate surface area is 165 Å². The molecular formula is C18H18FN3O4S2. The number of nitrogens with zero attached hydrogens (tertiary/aromatic N) is 2. The van der Waals surface area contributed by atoms with E-state index in [4.69, 9.17) is 0 Å². The van der Waals surface area contributed by atoms with Crippen molar-refractivity contribution >= 4 is 48.9 Å². The Kier molecular flexibility index (Phi) is 5.26. The number of benzene rings is 2. The summed E-state index contributed by atoms with van der Waals surface area (Å²) in [4.78, 5) is 24.3. The molecule has 0 spiro atoms. The van der Waals surface area contributed by atoms with E-state index in [0.29, 0.717) is 10.4 Å². The van der Waals surface area contributed by atoms with Gasteiger partial charge in [-0.15, -0.1) is 0 Å². The molecule has 3 rings (SSSR count). The lowest BCUT2D eigenvalue weighted by Crippen LogP contribution is -2.45. The van der Waals surface area contributed by atoms with Gasteiger partial charge in [0.25, 0.3) is 0 Å². The van der Waals surface area contributed by atoms with Crippen molar-refractivity contribution in [2.24, 2.45) is 7.05 Å². The second kappa shape index (κ2) is 7.36. The van der Waals surface area contributed by atoms with Crippen LogP contribution in [0.3, 0.4) is 0 Å². The number of aryl methyl sites for hydroxylation is 1. The minimum atomic E-state index is -3.80. The van der Waals surface area contributed by atoms with E-state index in [1.165, 1.54) is 23.6 Å². The summed E-state index contributed by atoms with van der Waals surface area (Å²) in [6.07, 6.45) is 0.980. The van der Waals surface area contributed by atoms with Crippen LogP contribution in [0.1, 0.15) is 6.92 Å². The molecule has 2 aromatic carbocycles. The van der Waals surface area contributed by atoms with E-state index in [2.05, 4.69) is 5.32 Å². The molecule has 0 aliphatic carbocycles. The second-order valence-corrected chi connectivity index (χ2v) is 9.16. The standard InChI is InChI=1S/C18H18FN3O4S2/c1-11(22(28(3,25)26)14-7-4-12(19)5-8-14)17(23)20-13-6-9-15-16(10-13)27-18(24)21(15)2/h4-11H,1-3H3,(H,20,23)/t11-/m0/s1. The van der Waals surface area contributed by atoms with Crippen molar-refractivity contribution < 1.29 is 17.6 Å². The number of hydrogen-bond donors (Lipinski definition) is 1. The first-order valence-electron chi connectivity index (χ1n) is 8.23. The van der Waals surface area contributed by atoms with Gasteiger partial charge in [0.05, 0.1) is 22.2 Å². The lowest BCUT2D eigenvalue weighted by Gasteiger charge is -2.28. The van der Waals surface area contributed by atoms with Gasteiger partial charge in [-0.05, 0) is 49.4 Å². The Morgan fingerprint density at radius 1 is 1.21 bits per heavy atom. The maximum Gasteiger partial charge on any atom is 0.307 e. The zero-order chi connectivity index (χ0) is 20.6. The highest BCUT2D eigenvalue weighted by atomic mass is 32.2. The molecule has 0 aliphatic rings. The quantitative estimate of drug-likeness (QED) is 0.683. The molecule has 1 aromatic heterocycles. The summed E-state index contributed by atoms with van der Waals surface area (Å²) < 4.78 is 40.8. The molecule has 0 radical (unpaired) electrons. The molecule has 1 atom stereocenters. The minimum Gasteiger partial charge on any atom is -0.324 e. The highest BCUT2D eigenvalue weighted by Crippen LogP contribution is 2.24. The van der Waals surface area contributed by atoms with E-state index in [-0.39, 0.29) is 10.6 Å². The minimum absolute atomic E-state index is 0.119. The van der Waals surface area contributed by atoms with E-state index < -0.39 is 27.8 Å². The predicted octanol–water partition coefficient (Wildman–Crippen LogP) is 2.53. The fourth-order valence-electron chi connectivity index (χ4n) is 2.86. The fraction of sp³-hybridized carbons (Fsp3) is 0.222. The third-order valence-corrected chi connectivity index (χ3v) is 6.47. The summed E-state index contributed by atoms with van der Waals surface area (Å²) in [6, 6.07) is 8.79. The Balaban J connectivity index is 1.89. The number of anilines is 2. The first-order chi connectivity index (χ1) is 13.1. The number of halogens is 1. The molecule has 148 valence electrons. The Bertz CT molecular complexity index is 1200. The van der Waals surface area contributed by atoms with Crippen LogP contribution in [0.4, 0.5) is 15.8 Å². The maximum absolute atomic E-state index is 13.2. The maximum atomic E-state index is 13.2. The van der Waals surface area contributed by atoms with E-state index >= 15 is 0 Å². The van der Waals surface area contributed by atoms with E-state index in [1.807, 2.05) is 0 Å². The summed E-state index contributed by atoms with van der Waals surface area (Å²) in [5, 5.41) is 2.67. The van der Waals surface area contributed by atoms with Gasteiger partial charge in [-0.25, -0.2) is 12.8 Å². The van der Waals surface area contributed by atoms with Crippen molar-refractivity contribution in [2.75, 3.05) is 15.9 Å². The monoisotopic (exact) mass is 423 g/mol. The zero-order valence-corrected chi connectivity index (χ0v) is 17.0. The van der Waals surface area contributed by atoms with E-state index in [1.54, 1.807) is 25.2 Å². The average Bonchev–Trinajstić information content (AvgIpc) is 2.89. The van der Waals surface area contributed by atoms with Gasteiger partial charge >= 0.3 is 4.87 Å². The van der Waals surface area contributed by atoms with Gasteiger partial charge in [-0.2, -0.15) is 0 Å². The number of carbonyl (C=O) groups is 1. The van der Waals surface area contributed by atoms with Gasteiger partial charge in [0.2, 0.25) is 15.9 Å². The Morgan fingerprint density at radius 2 is 1.86 bits per heavy atom. The number of nitrogens with one attached hydrogen (secondary N) is 1. The van der Waals surface area contributed by atoms with Crippen molar-refractivity contribution in [1.29, 1.82) is 0 Å². The van der Waals surface area contributed by atoms with Gasteiger partial charge < -0.3 is 9.88 Å². The fourth-order valence-corrected chi connectivity index (χ4v) is 4.95. The van der Waals surface area contributed by atoms with Crippen LogP contribution in [0.25, 0.3) is 10.2 Å². The van der Waals surface area contributed by atoms with Crippen molar-refractivity contribution in [3.05, 3.63) is 57.9 Å². The highest BCUT2D eigenvalue weighted by molar-refractivity contribution is 7.92. The summed E-state index contributed by atoms with van der Waals surface area (Å²) in [7, 11) is -2.14. The molecule has 3 aromatic rings. The number of sulfonamides is 1. The van der Waals surface area contributed by atoms with Crippen molar-refractivity contribution in [3.63, 3.8) is 0 Å². The zero-order valence-electron chi connectivity index (χ0n) is 15.3. The molecule has 0 unspecified atom stereocenters. The van der Waals surface area contributed by atoms with Crippen molar-refractivity contribution in [2.45, 2.75) is 13.0 Å². The number of hydrogen-bond acceptors (Lipinski definition) is 5. The number of carbonyl (C=O) groups excluding carboxylic acids is 1. The molecule has 1 N–H and O–H groups in total. The molecule has 0 aliphatic heterocycles. The smallest absolute Gasteiger partial charge is 0.307 e. The molecule has 7 nitrogen and oxygen atoms in total. The number of fused-ring (bicyclic) bond motifs is 1. The SMILES string of the molecule is C[C@@H](C(=O)Nc1ccc2c(c1)sc(=O)n2C)N(c1ccc(F)cc1)S(C)(=O)=O. The lowest BCUT2D eigenvalue weighted by molar-refractivity contribution is -0.116. The van der Waals surface area contributed by atoms with Gasteiger partial charge in [-0.1, -0.05) is 11.3 Å². The Morgan fingerprint density at radius 3 is 2.46 bits per heavy atom. The van der Waals surface area contributed by atoms with Crippen LogP contribution in [0.2, 0.25) is 0 Å². The van der Waals surface area contributed by atoms with Crippen LogP contribution in [-0.2, 0) is 21.9 Å². The second-order valence-electron chi connectivity index (χ2n) is 6.31. The number of aromatic nitrogens is 1. The van der Waals surface area contributed by atoms with Crippen LogP contribution in [-0.4, -0.2) is 31.2 Å². The van der Waals surface area contributed by atoms with Gasteiger partial charge in [0, 0.05) is 12.7 Å². The average molecular weight is 423 g/mol. The largest absolute Gasteiger partial charge is 0.324 e. The lowest BCUT2D eigenvalue weighted by atomic mass is 10.2. The van der Waals surface area contributed by atoms with E-state index in [0.717, 1.165) is 39.5 Å². The van der Waals surface area contributed by atoms with E-state index in [9.17, 15) is 22.4 Å². The number of thiazole rings is 1. The number of rotatable bonds is 5.